The highest BCUT2D eigenvalue weighted by atomic mass is 16.4. The Morgan fingerprint density at radius 2 is 2.00 bits per heavy atom. The Morgan fingerprint density at radius 3 is 2.50 bits per heavy atom. The fraction of sp³-hybridized carbons (Fsp3) is 0.909. The van der Waals surface area contributed by atoms with Crippen LogP contribution < -0.4 is 0 Å². The molecule has 2 atom stereocenters. The zero-order chi connectivity index (χ0) is 9.76. The van der Waals surface area contributed by atoms with E-state index in [1.807, 2.05) is 0 Å². The first-order valence-electron chi connectivity index (χ1n) is 5.65. The normalized spacial score (nSPS) is 39.7. The van der Waals surface area contributed by atoms with Gasteiger partial charge in [-0.2, -0.15) is 0 Å². The zero-order valence-corrected chi connectivity index (χ0v) is 8.41. The van der Waals surface area contributed by atoms with Crippen LogP contribution in [0.5, 0.6) is 0 Å². The van der Waals surface area contributed by atoms with Crippen LogP contribution in [0.1, 0.15) is 32.1 Å². The Kier molecular flexibility index (Phi) is 1.69. The van der Waals surface area contributed by atoms with E-state index < -0.39 is 5.97 Å². The minimum absolute atomic E-state index is 0.0595. The number of carboxylic acid groups (broad SMARTS) is 1. The van der Waals surface area contributed by atoms with Gasteiger partial charge >= 0.3 is 5.97 Å². The molecule has 1 spiro atoms. The van der Waals surface area contributed by atoms with Gasteiger partial charge in [-0.05, 0) is 37.5 Å². The van der Waals surface area contributed by atoms with E-state index in [4.69, 9.17) is 5.11 Å². The first-order valence-corrected chi connectivity index (χ1v) is 5.65. The highest BCUT2D eigenvalue weighted by Gasteiger charge is 2.54. The number of rotatable bonds is 2. The van der Waals surface area contributed by atoms with Gasteiger partial charge in [0, 0.05) is 19.1 Å². The highest BCUT2D eigenvalue weighted by Crippen LogP contribution is 2.54. The van der Waals surface area contributed by atoms with Gasteiger partial charge in [0.2, 0.25) is 0 Å². The van der Waals surface area contributed by atoms with E-state index in [9.17, 15) is 4.79 Å². The maximum atomic E-state index is 10.8. The van der Waals surface area contributed by atoms with Crippen LogP contribution in [0.25, 0.3) is 0 Å². The smallest absolute Gasteiger partial charge is 0.306 e. The van der Waals surface area contributed by atoms with Gasteiger partial charge in [-0.1, -0.05) is 0 Å². The molecule has 0 radical (unpaired) electrons. The summed E-state index contributed by atoms with van der Waals surface area (Å²) < 4.78 is 0. The fourth-order valence-corrected chi connectivity index (χ4v) is 3.08. The molecule has 1 N–H and O–H groups in total. The van der Waals surface area contributed by atoms with E-state index in [2.05, 4.69) is 4.90 Å². The number of nitrogens with zero attached hydrogens (tertiary/aromatic N) is 1. The topological polar surface area (TPSA) is 40.5 Å². The Hall–Kier alpha value is -0.570. The summed E-state index contributed by atoms with van der Waals surface area (Å²) in [6.45, 7) is 2.51. The van der Waals surface area contributed by atoms with Crippen LogP contribution in [0.4, 0.5) is 0 Å². The van der Waals surface area contributed by atoms with E-state index in [1.165, 1.54) is 25.9 Å². The van der Waals surface area contributed by atoms with Crippen molar-refractivity contribution in [2.75, 3.05) is 13.1 Å². The number of aliphatic carboxylic acids is 1. The van der Waals surface area contributed by atoms with E-state index in [1.54, 1.807) is 0 Å². The SMILES string of the molecule is O=C(O)C1CCC(N2CC3(CC3)C2)C1. The fourth-order valence-electron chi connectivity index (χ4n) is 3.08. The summed E-state index contributed by atoms with van der Waals surface area (Å²) in [6, 6.07) is 0.585. The summed E-state index contributed by atoms with van der Waals surface area (Å²) in [7, 11) is 0. The van der Waals surface area contributed by atoms with Crippen LogP contribution in [0.2, 0.25) is 0 Å². The average molecular weight is 195 g/mol. The molecule has 2 aliphatic carbocycles. The lowest BCUT2D eigenvalue weighted by molar-refractivity contribution is -0.141. The Morgan fingerprint density at radius 1 is 1.29 bits per heavy atom. The summed E-state index contributed by atoms with van der Waals surface area (Å²) in [5.74, 6) is -0.648. The van der Waals surface area contributed by atoms with E-state index >= 15 is 0 Å². The largest absolute Gasteiger partial charge is 0.481 e. The lowest BCUT2D eigenvalue weighted by Crippen LogP contribution is -2.52. The van der Waals surface area contributed by atoms with Gasteiger partial charge in [-0.3, -0.25) is 9.69 Å². The molecule has 1 aliphatic heterocycles. The van der Waals surface area contributed by atoms with Crippen molar-refractivity contribution in [2.24, 2.45) is 11.3 Å². The van der Waals surface area contributed by atoms with E-state index in [-0.39, 0.29) is 5.92 Å². The molecule has 14 heavy (non-hydrogen) atoms. The third-order valence-electron chi connectivity index (χ3n) is 4.30. The molecule has 3 nitrogen and oxygen atoms in total. The second kappa shape index (κ2) is 2.72. The minimum atomic E-state index is -0.589. The molecule has 0 amide bonds. The summed E-state index contributed by atoms with van der Waals surface area (Å²) >= 11 is 0. The molecule has 0 bridgehead atoms. The first kappa shape index (κ1) is 8.72. The van der Waals surface area contributed by atoms with Crippen LogP contribution >= 0.6 is 0 Å². The molecule has 2 unspecified atom stereocenters. The standard InChI is InChI=1S/C11H17NO2/c13-10(14)8-1-2-9(5-8)12-6-11(7-12)3-4-11/h8-9H,1-7H2,(H,13,14). The molecule has 1 heterocycles. The summed E-state index contributed by atoms with van der Waals surface area (Å²) in [6.07, 6.45) is 5.72. The van der Waals surface area contributed by atoms with Crippen molar-refractivity contribution in [2.45, 2.75) is 38.1 Å². The number of carbonyl (C=O) groups is 1. The van der Waals surface area contributed by atoms with Crippen molar-refractivity contribution in [3.05, 3.63) is 0 Å². The van der Waals surface area contributed by atoms with Crippen molar-refractivity contribution < 1.29 is 9.90 Å². The van der Waals surface area contributed by atoms with Crippen LogP contribution in [0.3, 0.4) is 0 Å². The van der Waals surface area contributed by atoms with Crippen molar-refractivity contribution in [3.63, 3.8) is 0 Å². The molecule has 3 aliphatic rings. The molecule has 0 aromatic rings. The number of hydrogen-bond donors (Lipinski definition) is 1. The molecule has 0 aromatic carbocycles. The third-order valence-corrected chi connectivity index (χ3v) is 4.30. The number of carboxylic acids is 1. The molecule has 1 saturated heterocycles. The van der Waals surface area contributed by atoms with E-state index in [0.29, 0.717) is 11.5 Å². The molecular weight excluding hydrogens is 178 g/mol. The molecular formula is C11H17NO2. The minimum Gasteiger partial charge on any atom is -0.481 e. The Labute approximate surface area is 84.1 Å². The summed E-state index contributed by atoms with van der Waals surface area (Å²) in [5.41, 5.74) is 0.710. The lowest BCUT2D eigenvalue weighted by atomic mass is 9.93. The van der Waals surface area contributed by atoms with E-state index in [0.717, 1.165) is 19.3 Å². The third kappa shape index (κ3) is 1.26. The number of likely N-dealkylation sites (tertiary alicyclic amines) is 1. The second-order valence-corrected chi connectivity index (χ2v) is 5.41. The maximum absolute atomic E-state index is 10.8. The average Bonchev–Trinajstić information content (AvgIpc) is 2.73. The molecule has 0 aromatic heterocycles. The summed E-state index contributed by atoms with van der Waals surface area (Å²) in [4.78, 5) is 13.3. The van der Waals surface area contributed by atoms with Gasteiger partial charge in [0.05, 0.1) is 5.92 Å². The highest BCUT2D eigenvalue weighted by molar-refractivity contribution is 5.70. The van der Waals surface area contributed by atoms with Gasteiger partial charge in [0.15, 0.2) is 0 Å². The van der Waals surface area contributed by atoms with Crippen molar-refractivity contribution in [1.82, 2.24) is 4.90 Å². The van der Waals surface area contributed by atoms with Crippen molar-refractivity contribution in [1.29, 1.82) is 0 Å². The van der Waals surface area contributed by atoms with Crippen LogP contribution in [0, 0.1) is 11.3 Å². The van der Waals surface area contributed by atoms with Crippen LogP contribution in [-0.4, -0.2) is 35.1 Å². The second-order valence-electron chi connectivity index (χ2n) is 5.41. The van der Waals surface area contributed by atoms with Gasteiger partial charge in [-0.15, -0.1) is 0 Å². The maximum Gasteiger partial charge on any atom is 0.306 e. The van der Waals surface area contributed by atoms with Crippen LogP contribution in [-0.2, 0) is 4.79 Å². The quantitative estimate of drug-likeness (QED) is 0.722. The molecule has 78 valence electrons. The monoisotopic (exact) mass is 195 g/mol. The lowest BCUT2D eigenvalue weighted by Gasteiger charge is -2.44. The molecule has 3 fully saturated rings. The van der Waals surface area contributed by atoms with Gasteiger partial charge in [0.25, 0.3) is 0 Å². The van der Waals surface area contributed by atoms with Gasteiger partial charge in [0.1, 0.15) is 0 Å². The first-order chi connectivity index (χ1) is 6.69. The zero-order valence-electron chi connectivity index (χ0n) is 8.41. The van der Waals surface area contributed by atoms with Gasteiger partial charge < -0.3 is 5.11 Å². The van der Waals surface area contributed by atoms with Crippen molar-refractivity contribution in [3.8, 4) is 0 Å². The number of hydrogen-bond acceptors (Lipinski definition) is 2. The predicted molar refractivity (Wildman–Crippen MR) is 52.0 cm³/mol. The Bertz CT molecular complexity index is 264. The van der Waals surface area contributed by atoms with Crippen LogP contribution in [0.15, 0.2) is 0 Å². The molecule has 3 heteroatoms. The predicted octanol–water partition coefficient (Wildman–Crippen LogP) is 1.34. The van der Waals surface area contributed by atoms with Gasteiger partial charge in [-0.25, -0.2) is 0 Å². The summed E-state index contributed by atoms with van der Waals surface area (Å²) in [5, 5.41) is 8.90. The Balaban J connectivity index is 1.53. The van der Waals surface area contributed by atoms with Crippen molar-refractivity contribution >= 4 is 5.97 Å². The molecule has 3 rings (SSSR count). The molecule has 2 saturated carbocycles.